The predicted octanol–water partition coefficient (Wildman–Crippen LogP) is 6.25. The van der Waals surface area contributed by atoms with E-state index in [9.17, 15) is 26.4 Å². The first-order chi connectivity index (χ1) is 15.8. The van der Waals surface area contributed by atoms with Gasteiger partial charge in [0.05, 0.1) is 27.7 Å². The smallest absolute Gasteiger partial charge is 0.324 e. The van der Waals surface area contributed by atoms with Gasteiger partial charge in [-0.15, -0.1) is 0 Å². The van der Waals surface area contributed by atoms with Crippen molar-refractivity contribution in [3.63, 3.8) is 0 Å². The highest BCUT2D eigenvalue weighted by Crippen LogP contribution is 2.35. The Hall–Kier alpha value is -2.10. The molecular formula is C24H28ClF3N2O3S. The molecule has 0 aliphatic heterocycles. The Morgan fingerprint density at radius 3 is 2.21 bits per heavy atom. The predicted molar refractivity (Wildman–Crippen MR) is 127 cm³/mol. The minimum Gasteiger partial charge on any atom is -0.324 e. The summed E-state index contributed by atoms with van der Waals surface area (Å²) in [7, 11) is -4.05. The fraction of sp³-hybridized carbons (Fsp3) is 0.458. The highest BCUT2D eigenvalue weighted by molar-refractivity contribution is 7.89. The molecule has 0 saturated heterocycles. The molecule has 1 N–H and O–H groups in total. The molecule has 0 aromatic heterocycles. The van der Waals surface area contributed by atoms with E-state index in [0.717, 1.165) is 43.0 Å². The maximum atomic E-state index is 13.8. The number of nitrogens with one attached hydrogen (secondary N) is 1. The van der Waals surface area contributed by atoms with Crippen LogP contribution in [0.1, 0.15) is 54.4 Å². The summed E-state index contributed by atoms with van der Waals surface area (Å²) < 4.78 is 68.1. The van der Waals surface area contributed by atoms with Gasteiger partial charge in [-0.05, 0) is 62.9 Å². The van der Waals surface area contributed by atoms with Crippen molar-refractivity contribution in [2.45, 2.75) is 70.0 Å². The van der Waals surface area contributed by atoms with Gasteiger partial charge in [-0.25, -0.2) is 8.42 Å². The van der Waals surface area contributed by atoms with E-state index < -0.39 is 34.2 Å². The second kappa shape index (κ2) is 10.3. The van der Waals surface area contributed by atoms with Gasteiger partial charge in [0.25, 0.3) is 0 Å². The van der Waals surface area contributed by atoms with Gasteiger partial charge in [-0.2, -0.15) is 17.5 Å². The minimum atomic E-state index is -4.61. The maximum absolute atomic E-state index is 13.8. The number of halogens is 4. The second-order valence-corrected chi connectivity index (χ2v) is 11.0. The van der Waals surface area contributed by atoms with Gasteiger partial charge in [0.15, 0.2) is 0 Å². The van der Waals surface area contributed by atoms with Crippen LogP contribution in [0.5, 0.6) is 0 Å². The first-order valence-electron chi connectivity index (χ1n) is 11.1. The summed E-state index contributed by atoms with van der Waals surface area (Å²) in [6, 6.07) is 5.80. The fourth-order valence-corrected chi connectivity index (χ4v) is 6.82. The highest BCUT2D eigenvalue weighted by Gasteiger charge is 2.36. The van der Waals surface area contributed by atoms with Gasteiger partial charge in [-0.1, -0.05) is 48.6 Å². The molecule has 1 saturated carbocycles. The van der Waals surface area contributed by atoms with Crippen molar-refractivity contribution in [2.24, 2.45) is 0 Å². The van der Waals surface area contributed by atoms with Crippen molar-refractivity contribution in [2.75, 3.05) is 11.9 Å². The molecule has 1 aliphatic carbocycles. The number of amides is 1. The summed E-state index contributed by atoms with van der Waals surface area (Å²) in [5.74, 6) is -0.752. The number of hydrogen-bond acceptors (Lipinski definition) is 3. The molecule has 1 amide bonds. The SMILES string of the molecule is Cc1cc(C)c(S(=O)(=O)N(CC(=O)Nc2cc(C(F)(F)F)ccc2Cl)C2CCCCC2)c(C)c1. The molecule has 0 radical (unpaired) electrons. The van der Waals surface area contributed by atoms with Crippen LogP contribution in [-0.2, 0) is 21.0 Å². The summed E-state index contributed by atoms with van der Waals surface area (Å²) in [5.41, 5.74) is 0.912. The zero-order valence-corrected chi connectivity index (χ0v) is 20.9. The molecule has 0 atom stereocenters. The number of hydrogen-bond donors (Lipinski definition) is 1. The summed E-state index contributed by atoms with van der Waals surface area (Å²) in [4.78, 5) is 13.1. The average molecular weight is 517 g/mol. The number of alkyl halides is 3. The Bertz CT molecular complexity index is 1150. The Balaban J connectivity index is 1.95. The van der Waals surface area contributed by atoms with E-state index in [2.05, 4.69) is 5.32 Å². The summed E-state index contributed by atoms with van der Waals surface area (Å²) in [5, 5.41) is 2.31. The monoisotopic (exact) mass is 516 g/mol. The van der Waals surface area contributed by atoms with Crippen molar-refractivity contribution in [3.05, 3.63) is 57.6 Å². The lowest BCUT2D eigenvalue weighted by Gasteiger charge is -2.33. The lowest BCUT2D eigenvalue weighted by atomic mass is 9.95. The molecule has 0 unspecified atom stereocenters. The first-order valence-corrected chi connectivity index (χ1v) is 12.9. The van der Waals surface area contributed by atoms with Gasteiger partial charge in [0.1, 0.15) is 0 Å². The van der Waals surface area contributed by atoms with Crippen molar-refractivity contribution in [1.29, 1.82) is 0 Å². The Kier molecular flexibility index (Phi) is 7.99. The molecular weight excluding hydrogens is 489 g/mol. The Morgan fingerprint density at radius 2 is 1.65 bits per heavy atom. The minimum absolute atomic E-state index is 0.0707. The van der Waals surface area contributed by atoms with Gasteiger partial charge in [0.2, 0.25) is 15.9 Å². The number of anilines is 1. The van der Waals surface area contributed by atoms with E-state index in [1.54, 1.807) is 26.0 Å². The number of carbonyl (C=O) groups is 1. The van der Waals surface area contributed by atoms with E-state index in [-0.39, 0.29) is 21.6 Å². The zero-order chi connectivity index (χ0) is 25.3. The summed E-state index contributed by atoms with van der Waals surface area (Å²) in [6.45, 7) is 4.79. The second-order valence-electron chi connectivity index (χ2n) is 8.81. The van der Waals surface area contributed by atoms with Gasteiger partial charge in [0, 0.05) is 6.04 Å². The summed E-state index contributed by atoms with van der Waals surface area (Å²) in [6.07, 6.45) is -0.726. The third-order valence-electron chi connectivity index (χ3n) is 6.02. The van der Waals surface area contributed by atoms with E-state index in [4.69, 9.17) is 11.6 Å². The molecule has 10 heteroatoms. The molecule has 0 spiro atoms. The third kappa shape index (κ3) is 5.93. The number of nitrogens with zero attached hydrogens (tertiary/aromatic N) is 1. The van der Waals surface area contributed by atoms with Crippen LogP contribution in [0.3, 0.4) is 0 Å². The average Bonchev–Trinajstić information content (AvgIpc) is 2.72. The van der Waals surface area contributed by atoms with Crippen LogP contribution in [0.4, 0.5) is 18.9 Å². The lowest BCUT2D eigenvalue weighted by Crippen LogP contribution is -2.46. The van der Waals surface area contributed by atoms with Crippen LogP contribution < -0.4 is 5.32 Å². The van der Waals surface area contributed by atoms with Crippen molar-refractivity contribution >= 4 is 33.2 Å². The van der Waals surface area contributed by atoms with Crippen LogP contribution in [0.25, 0.3) is 0 Å². The zero-order valence-electron chi connectivity index (χ0n) is 19.3. The van der Waals surface area contributed by atoms with Gasteiger partial charge in [-0.3, -0.25) is 4.79 Å². The molecule has 0 heterocycles. The van der Waals surface area contributed by atoms with Crippen molar-refractivity contribution in [1.82, 2.24) is 4.31 Å². The van der Waals surface area contributed by atoms with Crippen LogP contribution in [0.2, 0.25) is 5.02 Å². The normalized spacial score (nSPS) is 15.5. The number of aryl methyl sites for hydroxylation is 3. The first kappa shape index (κ1) is 26.5. The Labute approximate surface area is 203 Å². The van der Waals surface area contributed by atoms with E-state index in [1.807, 2.05) is 6.92 Å². The van der Waals surface area contributed by atoms with Crippen LogP contribution in [0, 0.1) is 20.8 Å². The van der Waals surface area contributed by atoms with Crippen molar-refractivity contribution in [3.8, 4) is 0 Å². The molecule has 2 aromatic rings. The standard InChI is InChI=1S/C24H28ClF3N2O3S/c1-15-11-16(2)23(17(3)12-15)34(32,33)30(19-7-5-4-6-8-19)14-22(31)29-21-13-18(24(26,27)28)9-10-20(21)25/h9-13,19H,4-8,14H2,1-3H3,(H,29,31). The molecule has 34 heavy (non-hydrogen) atoms. The van der Waals surface area contributed by atoms with E-state index in [1.165, 1.54) is 4.31 Å². The molecule has 0 bridgehead atoms. The number of rotatable bonds is 6. The van der Waals surface area contributed by atoms with E-state index in [0.29, 0.717) is 24.0 Å². The molecule has 186 valence electrons. The largest absolute Gasteiger partial charge is 0.416 e. The van der Waals surface area contributed by atoms with Crippen LogP contribution in [-0.4, -0.2) is 31.2 Å². The molecule has 1 aliphatic rings. The van der Waals surface area contributed by atoms with Crippen LogP contribution >= 0.6 is 11.6 Å². The third-order valence-corrected chi connectivity index (χ3v) is 8.55. The Morgan fingerprint density at radius 1 is 1.06 bits per heavy atom. The fourth-order valence-electron chi connectivity index (χ4n) is 4.60. The molecule has 3 rings (SSSR count). The van der Waals surface area contributed by atoms with Gasteiger partial charge >= 0.3 is 6.18 Å². The van der Waals surface area contributed by atoms with E-state index >= 15 is 0 Å². The molecule has 1 fully saturated rings. The van der Waals surface area contributed by atoms with Gasteiger partial charge < -0.3 is 5.32 Å². The number of sulfonamides is 1. The lowest BCUT2D eigenvalue weighted by molar-refractivity contribution is -0.137. The quantitative estimate of drug-likeness (QED) is 0.493. The highest BCUT2D eigenvalue weighted by atomic mass is 35.5. The molecule has 5 nitrogen and oxygen atoms in total. The molecule has 2 aromatic carbocycles. The number of benzene rings is 2. The van der Waals surface area contributed by atoms with Crippen LogP contribution in [0.15, 0.2) is 35.2 Å². The van der Waals surface area contributed by atoms with Crippen molar-refractivity contribution < 1.29 is 26.4 Å². The number of carbonyl (C=O) groups excluding carboxylic acids is 1. The topological polar surface area (TPSA) is 66.5 Å². The maximum Gasteiger partial charge on any atom is 0.416 e. The summed E-state index contributed by atoms with van der Waals surface area (Å²) >= 11 is 6.00.